The third-order valence-electron chi connectivity index (χ3n) is 1.46. The van der Waals surface area contributed by atoms with Crippen LogP contribution in [0.25, 0.3) is 0 Å². The molecule has 0 radical (unpaired) electrons. The van der Waals surface area contributed by atoms with Gasteiger partial charge in [0.2, 0.25) is 0 Å². The normalized spacial score (nSPS) is 18.3. The second kappa shape index (κ2) is 6.47. The summed E-state index contributed by atoms with van der Waals surface area (Å²) < 4.78 is 0. The van der Waals surface area contributed by atoms with E-state index >= 15 is 0 Å². The number of aliphatic hydroxyl groups is 1. The Morgan fingerprint density at radius 1 is 1.75 bits per heavy atom. The number of aliphatic imine (C=N–C) groups is 1. The van der Waals surface area contributed by atoms with Gasteiger partial charge in [-0.25, -0.2) is 0 Å². The lowest BCUT2D eigenvalue weighted by Gasteiger charge is -2.16. The number of hydrogen-bond donors (Lipinski definition) is 3. The molecule has 1 atom stereocenters. The van der Waals surface area contributed by atoms with Crippen molar-refractivity contribution in [2.45, 2.75) is 19.4 Å². The van der Waals surface area contributed by atoms with Crippen LogP contribution >= 0.6 is 24.0 Å². The van der Waals surface area contributed by atoms with Crippen LogP contribution in [0.4, 0.5) is 0 Å². The molecule has 0 aromatic heterocycles. The van der Waals surface area contributed by atoms with Crippen LogP contribution in [-0.4, -0.2) is 36.8 Å². The van der Waals surface area contributed by atoms with E-state index in [0.29, 0.717) is 6.54 Å². The Morgan fingerprint density at radius 3 is 3.00 bits per heavy atom. The molecule has 72 valence electrons. The summed E-state index contributed by atoms with van der Waals surface area (Å²) in [6.07, 6.45) is 0.779. The lowest BCUT2D eigenvalue weighted by Crippen LogP contribution is -2.43. The van der Waals surface area contributed by atoms with Crippen molar-refractivity contribution in [1.29, 1.82) is 0 Å². The summed E-state index contributed by atoms with van der Waals surface area (Å²) in [7, 11) is 0. The summed E-state index contributed by atoms with van der Waals surface area (Å²) in [5.74, 6) is 0.817. The Hall–Kier alpha value is -0.0400. The minimum absolute atomic E-state index is 0. The molecule has 0 spiro atoms. The van der Waals surface area contributed by atoms with Gasteiger partial charge < -0.3 is 15.7 Å². The fraction of sp³-hybridized carbons (Fsp3) is 0.857. The molecule has 1 aliphatic heterocycles. The second-order valence-corrected chi connectivity index (χ2v) is 2.74. The summed E-state index contributed by atoms with van der Waals surface area (Å²) in [6, 6.07) is 0. The van der Waals surface area contributed by atoms with Crippen molar-refractivity contribution < 1.29 is 5.11 Å². The van der Waals surface area contributed by atoms with Crippen molar-refractivity contribution in [3.63, 3.8) is 0 Å². The van der Waals surface area contributed by atoms with E-state index in [1.54, 1.807) is 6.92 Å². The zero-order chi connectivity index (χ0) is 8.10. The molecule has 1 heterocycles. The van der Waals surface area contributed by atoms with Crippen molar-refractivity contribution in [1.82, 2.24) is 10.6 Å². The highest BCUT2D eigenvalue weighted by atomic mass is 127. The molecule has 0 fully saturated rings. The first-order valence-corrected chi connectivity index (χ1v) is 3.99. The lowest BCUT2D eigenvalue weighted by atomic mass is 10.4. The van der Waals surface area contributed by atoms with Crippen LogP contribution < -0.4 is 10.6 Å². The van der Waals surface area contributed by atoms with E-state index in [9.17, 15) is 0 Å². The monoisotopic (exact) mass is 285 g/mol. The average Bonchev–Trinajstić information content (AvgIpc) is 2.03. The standard InChI is InChI=1S/C7H15N3O.HI/c1-6(11)5-10-7-8-3-2-4-9-7;/h6,11H,2-5H2,1H3,(H2,8,9,10);1H/t6-;/m1./s1. The van der Waals surface area contributed by atoms with E-state index in [4.69, 9.17) is 5.11 Å². The summed E-state index contributed by atoms with van der Waals surface area (Å²) >= 11 is 0. The van der Waals surface area contributed by atoms with Crippen molar-refractivity contribution in [3.05, 3.63) is 0 Å². The summed E-state index contributed by atoms with van der Waals surface area (Å²) in [5.41, 5.74) is 0. The van der Waals surface area contributed by atoms with Crippen LogP contribution in [0.1, 0.15) is 13.3 Å². The van der Waals surface area contributed by atoms with Crippen molar-refractivity contribution in [2.75, 3.05) is 19.6 Å². The third-order valence-corrected chi connectivity index (χ3v) is 1.46. The predicted molar refractivity (Wildman–Crippen MR) is 60.0 cm³/mol. The van der Waals surface area contributed by atoms with E-state index in [2.05, 4.69) is 15.6 Å². The number of halogens is 1. The molecule has 1 aliphatic rings. The number of guanidine groups is 1. The van der Waals surface area contributed by atoms with E-state index < -0.39 is 0 Å². The minimum Gasteiger partial charge on any atom is -0.392 e. The van der Waals surface area contributed by atoms with Crippen molar-refractivity contribution in [3.8, 4) is 0 Å². The van der Waals surface area contributed by atoms with Crippen molar-refractivity contribution >= 4 is 29.9 Å². The summed E-state index contributed by atoms with van der Waals surface area (Å²) in [4.78, 5) is 4.18. The van der Waals surface area contributed by atoms with Crippen LogP contribution in [0.5, 0.6) is 0 Å². The summed E-state index contributed by atoms with van der Waals surface area (Å²) in [6.45, 7) is 4.17. The minimum atomic E-state index is -0.318. The van der Waals surface area contributed by atoms with Gasteiger partial charge in [0.1, 0.15) is 0 Å². The first kappa shape index (κ1) is 12.0. The van der Waals surface area contributed by atoms with Gasteiger partial charge in [-0.15, -0.1) is 24.0 Å². The van der Waals surface area contributed by atoms with Gasteiger partial charge in [0.25, 0.3) is 0 Å². The smallest absolute Gasteiger partial charge is 0.191 e. The van der Waals surface area contributed by atoms with Crippen LogP contribution in [0, 0.1) is 0 Å². The fourth-order valence-electron chi connectivity index (χ4n) is 0.895. The van der Waals surface area contributed by atoms with Gasteiger partial charge in [0.15, 0.2) is 5.96 Å². The zero-order valence-electron chi connectivity index (χ0n) is 7.21. The SMILES string of the molecule is C[C@@H](O)CNC1=NCCCN1.I. The van der Waals surface area contributed by atoms with Gasteiger partial charge in [-0.05, 0) is 13.3 Å². The van der Waals surface area contributed by atoms with Gasteiger partial charge >= 0.3 is 0 Å². The second-order valence-electron chi connectivity index (χ2n) is 2.74. The number of aliphatic hydroxyl groups excluding tert-OH is 1. The molecule has 5 heteroatoms. The highest BCUT2D eigenvalue weighted by molar-refractivity contribution is 14.0. The van der Waals surface area contributed by atoms with E-state index in [1.807, 2.05) is 0 Å². The predicted octanol–water partition coefficient (Wildman–Crippen LogP) is -0.0759. The maximum Gasteiger partial charge on any atom is 0.191 e. The van der Waals surface area contributed by atoms with E-state index in [1.165, 1.54) is 0 Å². The van der Waals surface area contributed by atoms with Crippen LogP contribution in [0.3, 0.4) is 0 Å². The molecule has 0 aliphatic carbocycles. The number of hydrogen-bond acceptors (Lipinski definition) is 4. The highest BCUT2D eigenvalue weighted by Crippen LogP contribution is 1.86. The average molecular weight is 285 g/mol. The van der Waals surface area contributed by atoms with Gasteiger partial charge in [0, 0.05) is 19.6 Å². The number of nitrogens with zero attached hydrogens (tertiary/aromatic N) is 1. The molecular weight excluding hydrogens is 269 g/mol. The van der Waals surface area contributed by atoms with Crippen molar-refractivity contribution in [2.24, 2.45) is 4.99 Å². The van der Waals surface area contributed by atoms with E-state index in [-0.39, 0.29) is 30.1 Å². The van der Waals surface area contributed by atoms with E-state index in [0.717, 1.165) is 25.5 Å². The molecule has 0 aromatic carbocycles. The van der Waals surface area contributed by atoms with Crippen LogP contribution in [0.2, 0.25) is 0 Å². The van der Waals surface area contributed by atoms with Crippen LogP contribution in [0.15, 0.2) is 4.99 Å². The number of rotatable bonds is 2. The molecule has 0 amide bonds. The van der Waals surface area contributed by atoms with Crippen LogP contribution in [-0.2, 0) is 0 Å². The van der Waals surface area contributed by atoms with Gasteiger partial charge in [-0.1, -0.05) is 0 Å². The first-order chi connectivity index (χ1) is 5.29. The molecule has 0 aromatic rings. The molecule has 4 nitrogen and oxygen atoms in total. The maximum atomic E-state index is 8.94. The molecule has 1 rings (SSSR count). The molecule has 12 heavy (non-hydrogen) atoms. The lowest BCUT2D eigenvalue weighted by molar-refractivity contribution is 0.197. The first-order valence-electron chi connectivity index (χ1n) is 3.99. The van der Waals surface area contributed by atoms with Gasteiger partial charge in [-0.3, -0.25) is 4.99 Å². The number of nitrogens with one attached hydrogen (secondary N) is 2. The Labute approximate surface area is 89.9 Å². The quantitative estimate of drug-likeness (QED) is 0.622. The maximum absolute atomic E-state index is 8.94. The Morgan fingerprint density at radius 2 is 2.50 bits per heavy atom. The fourth-order valence-corrected chi connectivity index (χ4v) is 0.895. The molecule has 3 N–H and O–H groups in total. The third kappa shape index (κ3) is 4.76. The Bertz CT molecular complexity index is 150. The molecule has 0 bridgehead atoms. The zero-order valence-corrected chi connectivity index (χ0v) is 9.54. The Balaban J connectivity index is 0.00000121. The topological polar surface area (TPSA) is 56.6 Å². The highest BCUT2D eigenvalue weighted by Gasteiger charge is 2.03. The van der Waals surface area contributed by atoms with Gasteiger partial charge in [0.05, 0.1) is 6.10 Å². The summed E-state index contributed by atoms with van der Waals surface area (Å²) in [5, 5.41) is 15.0. The largest absolute Gasteiger partial charge is 0.392 e. The molecule has 0 saturated carbocycles. The Kier molecular flexibility index (Phi) is 6.45. The molecule has 0 saturated heterocycles. The molecular formula is C7H16IN3O. The molecule has 0 unspecified atom stereocenters. The van der Waals surface area contributed by atoms with Gasteiger partial charge in [-0.2, -0.15) is 0 Å².